The number of allylic oxidation sites excluding steroid dienone is 1. The zero-order valence-corrected chi connectivity index (χ0v) is 17.2. The van der Waals surface area contributed by atoms with E-state index in [1.54, 1.807) is 0 Å². The van der Waals surface area contributed by atoms with Crippen LogP contribution in [0.2, 0.25) is 0 Å². The van der Waals surface area contributed by atoms with Crippen LogP contribution < -0.4 is 10.1 Å². The van der Waals surface area contributed by atoms with Crippen molar-refractivity contribution < 1.29 is 9.53 Å². The fourth-order valence-corrected chi connectivity index (χ4v) is 3.25. The second-order valence-electron chi connectivity index (χ2n) is 7.34. The highest BCUT2D eigenvalue weighted by molar-refractivity contribution is 5.78. The van der Waals surface area contributed by atoms with Gasteiger partial charge in [0.15, 0.2) is 0 Å². The first kappa shape index (κ1) is 20.6. The number of rotatable bonds is 10. The molecule has 0 saturated carbocycles. The summed E-state index contributed by atoms with van der Waals surface area (Å²) in [6.45, 7) is 9.40. The molecule has 0 aliphatic rings. The van der Waals surface area contributed by atoms with Crippen molar-refractivity contribution in [3.63, 3.8) is 0 Å². The highest BCUT2D eigenvalue weighted by atomic mass is 16.5. The fourth-order valence-electron chi connectivity index (χ4n) is 3.25. The molecule has 2 aromatic carbocycles. The van der Waals surface area contributed by atoms with Gasteiger partial charge in [0.2, 0.25) is 5.91 Å². The molecule has 0 unspecified atom stereocenters. The molecule has 0 aliphatic carbocycles. The molecular formula is C24H29N3O2. The summed E-state index contributed by atoms with van der Waals surface area (Å²) >= 11 is 0. The number of imidazole rings is 1. The number of carbonyl (C=O) groups excluding carboxylic acids is 1. The van der Waals surface area contributed by atoms with E-state index in [4.69, 9.17) is 9.72 Å². The van der Waals surface area contributed by atoms with Crippen LogP contribution in [0.25, 0.3) is 11.0 Å². The first-order chi connectivity index (χ1) is 14.1. The summed E-state index contributed by atoms with van der Waals surface area (Å²) in [4.78, 5) is 16.7. The van der Waals surface area contributed by atoms with Crippen molar-refractivity contribution in [3.8, 4) is 5.75 Å². The maximum absolute atomic E-state index is 12.0. The molecule has 0 fully saturated rings. The van der Waals surface area contributed by atoms with Gasteiger partial charge in [-0.1, -0.05) is 50.3 Å². The molecule has 5 heteroatoms. The molecule has 0 bridgehead atoms. The van der Waals surface area contributed by atoms with Crippen LogP contribution in [0.5, 0.6) is 5.75 Å². The van der Waals surface area contributed by atoms with E-state index in [0.29, 0.717) is 13.2 Å². The van der Waals surface area contributed by atoms with Crippen LogP contribution >= 0.6 is 0 Å². The molecule has 0 saturated heterocycles. The van der Waals surface area contributed by atoms with Crippen LogP contribution in [0.4, 0.5) is 0 Å². The number of benzene rings is 2. The third-order valence-corrected chi connectivity index (χ3v) is 4.80. The largest absolute Gasteiger partial charge is 0.493 e. The smallest absolute Gasteiger partial charge is 0.222 e. The van der Waals surface area contributed by atoms with E-state index in [1.165, 1.54) is 0 Å². The SMILES string of the molecule is C=CCc1ccccc1OCCCn1c(CNC(=O)C(C)C)nc2ccccc21. The van der Waals surface area contributed by atoms with E-state index in [9.17, 15) is 4.79 Å². The Kier molecular flexibility index (Phi) is 7.06. The van der Waals surface area contributed by atoms with Gasteiger partial charge in [-0.25, -0.2) is 4.98 Å². The number of hydrogen-bond donors (Lipinski definition) is 1. The van der Waals surface area contributed by atoms with Crippen molar-refractivity contribution in [1.82, 2.24) is 14.9 Å². The lowest BCUT2D eigenvalue weighted by atomic mass is 10.1. The number of nitrogens with zero attached hydrogens (tertiary/aromatic N) is 2. The van der Waals surface area contributed by atoms with E-state index in [0.717, 1.165) is 47.6 Å². The Hall–Kier alpha value is -3.08. The van der Waals surface area contributed by atoms with E-state index in [2.05, 4.69) is 28.6 Å². The fraction of sp³-hybridized carbons (Fsp3) is 0.333. The lowest BCUT2D eigenvalue weighted by Crippen LogP contribution is -2.28. The summed E-state index contributed by atoms with van der Waals surface area (Å²) in [5, 5.41) is 2.97. The second kappa shape index (κ2) is 9.92. The summed E-state index contributed by atoms with van der Waals surface area (Å²) in [6, 6.07) is 16.1. The molecular weight excluding hydrogens is 362 g/mol. The van der Waals surface area contributed by atoms with Crippen molar-refractivity contribution in [2.24, 2.45) is 5.92 Å². The van der Waals surface area contributed by atoms with Crippen molar-refractivity contribution >= 4 is 16.9 Å². The number of aryl methyl sites for hydroxylation is 1. The van der Waals surface area contributed by atoms with Crippen LogP contribution in [-0.4, -0.2) is 22.1 Å². The van der Waals surface area contributed by atoms with Crippen molar-refractivity contribution in [1.29, 1.82) is 0 Å². The van der Waals surface area contributed by atoms with Gasteiger partial charge >= 0.3 is 0 Å². The molecule has 29 heavy (non-hydrogen) atoms. The van der Waals surface area contributed by atoms with Gasteiger partial charge in [0, 0.05) is 12.5 Å². The number of nitrogens with one attached hydrogen (secondary N) is 1. The molecule has 152 valence electrons. The maximum Gasteiger partial charge on any atom is 0.222 e. The third kappa shape index (κ3) is 5.25. The van der Waals surface area contributed by atoms with E-state index < -0.39 is 0 Å². The van der Waals surface area contributed by atoms with Crippen LogP contribution in [0, 0.1) is 5.92 Å². The summed E-state index contributed by atoms with van der Waals surface area (Å²) < 4.78 is 8.19. The summed E-state index contributed by atoms with van der Waals surface area (Å²) in [5.74, 6) is 1.77. The van der Waals surface area contributed by atoms with Gasteiger partial charge in [0.1, 0.15) is 11.6 Å². The molecule has 3 rings (SSSR count). The minimum Gasteiger partial charge on any atom is -0.493 e. The molecule has 0 aliphatic heterocycles. The highest BCUT2D eigenvalue weighted by Gasteiger charge is 2.13. The zero-order chi connectivity index (χ0) is 20.6. The second-order valence-corrected chi connectivity index (χ2v) is 7.34. The molecule has 5 nitrogen and oxygen atoms in total. The summed E-state index contributed by atoms with van der Waals surface area (Å²) in [5.41, 5.74) is 3.17. The quantitative estimate of drug-likeness (QED) is 0.409. The van der Waals surface area contributed by atoms with E-state index in [1.807, 2.05) is 56.3 Å². The molecule has 0 spiro atoms. The molecule has 1 amide bonds. The van der Waals surface area contributed by atoms with Crippen molar-refractivity contribution in [2.75, 3.05) is 6.61 Å². The number of para-hydroxylation sites is 3. The average Bonchev–Trinajstić information content (AvgIpc) is 3.08. The van der Waals surface area contributed by atoms with Gasteiger partial charge in [-0.3, -0.25) is 4.79 Å². The van der Waals surface area contributed by atoms with Crippen molar-refractivity contribution in [2.45, 2.75) is 39.8 Å². The number of carbonyl (C=O) groups is 1. The number of amides is 1. The predicted molar refractivity (Wildman–Crippen MR) is 117 cm³/mol. The Morgan fingerprint density at radius 3 is 2.76 bits per heavy atom. The standard InChI is InChI=1S/C24H29N3O2/c1-4-10-19-11-5-8-14-22(19)29-16-9-15-27-21-13-7-6-12-20(21)26-23(27)17-25-24(28)18(2)3/h4-8,11-14,18H,1,9-10,15-17H2,2-3H3,(H,25,28). The predicted octanol–water partition coefficient (Wildman–Crippen LogP) is 4.51. The topological polar surface area (TPSA) is 56.1 Å². The lowest BCUT2D eigenvalue weighted by molar-refractivity contribution is -0.124. The van der Waals surface area contributed by atoms with Gasteiger partial charge < -0.3 is 14.6 Å². The molecule has 0 atom stereocenters. The van der Waals surface area contributed by atoms with Crippen LogP contribution in [0.1, 0.15) is 31.7 Å². The van der Waals surface area contributed by atoms with Gasteiger partial charge in [-0.05, 0) is 36.6 Å². The zero-order valence-electron chi connectivity index (χ0n) is 17.2. The molecule has 1 heterocycles. The number of hydrogen-bond acceptors (Lipinski definition) is 3. The molecule has 1 aromatic heterocycles. The van der Waals surface area contributed by atoms with Gasteiger partial charge in [0.05, 0.1) is 24.2 Å². The maximum atomic E-state index is 12.0. The Morgan fingerprint density at radius 2 is 1.97 bits per heavy atom. The summed E-state index contributed by atoms with van der Waals surface area (Å²) in [7, 11) is 0. The molecule has 1 N–H and O–H groups in total. The Morgan fingerprint density at radius 1 is 1.21 bits per heavy atom. The van der Waals surface area contributed by atoms with Gasteiger partial charge in [-0.15, -0.1) is 6.58 Å². The van der Waals surface area contributed by atoms with Gasteiger partial charge in [0.25, 0.3) is 0 Å². The summed E-state index contributed by atoms with van der Waals surface area (Å²) in [6.07, 6.45) is 3.52. The van der Waals surface area contributed by atoms with E-state index >= 15 is 0 Å². The van der Waals surface area contributed by atoms with E-state index in [-0.39, 0.29) is 11.8 Å². The minimum atomic E-state index is -0.0446. The molecule has 0 radical (unpaired) electrons. The minimum absolute atomic E-state index is 0.0331. The van der Waals surface area contributed by atoms with Crippen molar-refractivity contribution in [3.05, 3.63) is 72.6 Å². The van der Waals surface area contributed by atoms with Crippen LogP contribution in [0.15, 0.2) is 61.2 Å². The van der Waals surface area contributed by atoms with Gasteiger partial charge in [-0.2, -0.15) is 0 Å². The molecule has 3 aromatic rings. The normalized spacial score (nSPS) is 11.0. The monoisotopic (exact) mass is 391 g/mol. The third-order valence-electron chi connectivity index (χ3n) is 4.80. The van der Waals surface area contributed by atoms with Crippen LogP contribution in [0.3, 0.4) is 0 Å². The van der Waals surface area contributed by atoms with Crippen LogP contribution in [-0.2, 0) is 24.3 Å². The first-order valence-corrected chi connectivity index (χ1v) is 10.1. The average molecular weight is 392 g/mol. The Bertz CT molecular complexity index is 975. The highest BCUT2D eigenvalue weighted by Crippen LogP contribution is 2.20. The first-order valence-electron chi connectivity index (χ1n) is 10.1. The Labute approximate surface area is 172 Å². The number of aromatic nitrogens is 2. The number of ether oxygens (including phenoxy) is 1. The number of fused-ring (bicyclic) bond motifs is 1. The Balaban J connectivity index is 1.67. The lowest BCUT2D eigenvalue weighted by Gasteiger charge is -2.13.